The van der Waals surface area contributed by atoms with Crippen LogP contribution in [0.3, 0.4) is 0 Å². The molecule has 1 aromatic rings. The van der Waals surface area contributed by atoms with Crippen molar-refractivity contribution in [1.82, 2.24) is 20.3 Å². The molecule has 154 valence electrons. The smallest absolute Gasteiger partial charge is 0.259 e. The number of piperidine rings is 1. The van der Waals surface area contributed by atoms with Crippen molar-refractivity contribution in [2.45, 2.75) is 52.5 Å². The second kappa shape index (κ2) is 7.17. The van der Waals surface area contributed by atoms with Gasteiger partial charge in [-0.2, -0.15) is 0 Å². The highest BCUT2D eigenvalue weighted by atomic mass is 16.5. The van der Waals surface area contributed by atoms with Crippen LogP contribution in [-0.4, -0.2) is 65.0 Å². The molecule has 3 aliphatic heterocycles. The highest BCUT2D eigenvalue weighted by Gasteiger charge is 2.57. The van der Waals surface area contributed by atoms with E-state index in [1.807, 2.05) is 4.90 Å². The quantitative estimate of drug-likeness (QED) is 0.853. The lowest BCUT2D eigenvalue weighted by atomic mass is 9.75. The number of carbonyl (C=O) groups is 2. The summed E-state index contributed by atoms with van der Waals surface area (Å²) in [5.41, 5.74) is 1.08. The number of hydrogen-bond acceptors (Lipinski definition) is 5. The number of fused-ring (bicyclic) bond motifs is 2. The van der Waals surface area contributed by atoms with Gasteiger partial charge in [-0.1, -0.05) is 25.4 Å². The Kier molecular flexibility index (Phi) is 4.98. The molecule has 7 heteroatoms. The predicted molar refractivity (Wildman–Crippen MR) is 105 cm³/mol. The molecule has 0 saturated carbocycles. The number of rotatable bonds is 4. The molecule has 1 aromatic heterocycles. The third kappa shape index (κ3) is 3.13. The Hall–Kier alpha value is -1.89. The van der Waals surface area contributed by atoms with Crippen molar-refractivity contribution < 1.29 is 14.1 Å². The maximum absolute atomic E-state index is 12.9. The zero-order chi connectivity index (χ0) is 20.1. The molecule has 3 atom stereocenters. The van der Waals surface area contributed by atoms with E-state index in [2.05, 4.69) is 29.2 Å². The van der Waals surface area contributed by atoms with Gasteiger partial charge in [0.05, 0.1) is 11.6 Å². The molecular formula is C21H32N4O3. The molecule has 3 aliphatic rings. The number of likely N-dealkylation sites (tertiary alicyclic amines) is 2. The van der Waals surface area contributed by atoms with Crippen LogP contribution in [0, 0.1) is 31.6 Å². The monoisotopic (exact) mass is 388 g/mol. The van der Waals surface area contributed by atoms with Crippen LogP contribution < -0.4 is 5.32 Å². The molecule has 0 radical (unpaired) electrons. The van der Waals surface area contributed by atoms with Crippen LogP contribution in [0.2, 0.25) is 0 Å². The van der Waals surface area contributed by atoms with Crippen LogP contribution in [0.1, 0.15) is 54.9 Å². The van der Waals surface area contributed by atoms with E-state index in [1.165, 1.54) is 6.42 Å². The summed E-state index contributed by atoms with van der Waals surface area (Å²) in [6, 6.07) is 0. The van der Waals surface area contributed by atoms with Gasteiger partial charge in [0.25, 0.3) is 5.91 Å². The maximum atomic E-state index is 12.9. The normalized spacial score (nSPS) is 27.9. The topological polar surface area (TPSA) is 78.7 Å². The van der Waals surface area contributed by atoms with Crippen LogP contribution >= 0.6 is 0 Å². The molecule has 2 amide bonds. The van der Waals surface area contributed by atoms with E-state index in [1.54, 1.807) is 13.8 Å². The van der Waals surface area contributed by atoms with Gasteiger partial charge < -0.3 is 19.6 Å². The van der Waals surface area contributed by atoms with E-state index < -0.39 is 0 Å². The predicted octanol–water partition coefficient (Wildman–Crippen LogP) is 1.99. The van der Waals surface area contributed by atoms with Crippen molar-refractivity contribution in [2.24, 2.45) is 17.8 Å². The summed E-state index contributed by atoms with van der Waals surface area (Å²) in [6.45, 7) is 12.4. The number of nitrogens with zero attached hydrogens (tertiary/aromatic N) is 3. The Balaban J connectivity index is 1.44. The van der Waals surface area contributed by atoms with Crippen LogP contribution in [0.4, 0.5) is 0 Å². The van der Waals surface area contributed by atoms with Gasteiger partial charge in [0.15, 0.2) is 0 Å². The summed E-state index contributed by atoms with van der Waals surface area (Å²) in [5, 5.41) is 7.25. The summed E-state index contributed by atoms with van der Waals surface area (Å²) in [5.74, 6) is 1.91. The lowest BCUT2D eigenvalue weighted by Gasteiger charge is -2.42. The molecule has 3 saturated heterocycles. The van der Waals surface area contributed by atoms with Gasteiger partial charge in [0.1, 0.15) is 11.3 Å². The summed E-state index contributed by atoms with van der Waals surface area (Å²) in [6.07, 6.45) is 2.82. The second-order valence-electron chi connectivity index (χ2n) is 9.08. The average Bonchev–Trinajstić information content (AvgIpc) is 3.31. The Labute approximate surface area is 166 Å². The zero-order valence-electron chi connectivity index (χ0n) is 17.5. The van der Waals surface area contributed by atoms with E-state index in [-0.39, 0.29) is 23.3 Å². The van der Waals surface area contributed by atoms with Gasteiger partial charge in [-0.3, -0.25) is 9.59 Å². The molecule has 1 spiro atoms. The van der Waals surface area contributed by atoms with Crippen LogP contribution in [0.5, 0.6) is 0 Å². The summed E-state index contributed by atoms with van der Waals surface area (Å²) < 4.78 is 5.16. The van der Waals surface area contributed by atoms with Crippen molar-refractivity contribution in [1.29, 1.82) is 0 Å². The standard InChI is InChI=1S/C21H32N4O3/c1-5-13(2)10-24-11-16-17(12-24)21(22-19(16)26)6-8-25(9-7-21)20(27)18-14(3)23-28-15(18)4/h13,16-17H,5-12H2,1-4H3,(H,22,26)/t13-,16-,17+/m1/s1. The van der Waals surface area contributed by atoms with Crippen molar-refractivity contribution in [3.63, 3.8) is 0 Å². The Morgan fingerprint density at radius 2 is 2.04 bits per heavy atom. The first-order valence-electron chi connectivity index (χ1n) is 10.6. The molecule has 3 fully saturated rings. The average molecular weight is 389 g/mol. The second-order valence-corrected chi connectivity index (χ2v) is 9.08. The Bertz CT molecular complexity index is 746. The maximum Gasteiger partial charge on any atom is 0.259 e. The first kappa shape index (κ1) is 19.4. The minimum Gasteiger partial charge on any atom is -0.361 e. The van der Waals surface area contributed by atoms with Gasteiger partial charge in [-0.15, -0.1) is 0 Å². The van der Waals surface area contributed by atoms with Crippen LogP contribution in [0.15, 0.2) is 4.52 Å². The number of nitrogens with one attached hydrogen (secondary N) is 1. The molecule has 0 unspecified atom stereocenters. The van der Waals surface area contributed by atoms with Gasteiger partial charge in [0, 0.05) is 44.2 Å². The number of hydrogen-bond donors (Lipinski definition) is 1. The molecular weight excluding hydrogens is 356 g/mol. The SMILES string of the molecule is CC[C@@H](C)CN1C[C@H]2C(=O)NC3(CCN(C(=O)c4c(C)noc4C)CC3)[C@H]2C1. The number of amides is 2. The summed E-state index contributed by atoms with van der Waals surface area (Å²) >= 11 is 0. The Morgan fingerprint density at radius 1 is 1.32 bits per heavy atom. The molecule has 0 aromatic carbocycles. The fraction of sp³-hybridized carbons (Fsp3) is 0.762. The minimum absolute atomic E-state index is 0.00297. The third-order valence-electron chi connectivity index (χ3n) is 7.27. The molecule has 0 aliphatic carbocycles. The van der Waals surface area contributed by atoms with Crippen LogP contribution in [0.25, 0.3) is 0 Å². The summed E-state index contributed by atoms with van der Waals surface area (Å²) in [4.78, 5) is 30.0. The minimum atomic E-state index is -0.151. The number of aryl methyl sites for hydroxylation is 2. The fourth-order valence-corrected chi connectivity index (χ4v) is 5.41. The fourth-order valence-electron chi connectivity index (χ4n) is 5.41. The van der Waals surface area contributed by atoms with Gasteiger partial charge in [-0.05, 0) is 32.6 Å². The number of carbonyl (C=O) groups excluding carboxylic acids is 2. The molecule has 4 heterocycles. The molecule has 7 nitrogen and oxygen atoms in total. The lowest BCUT2D eigenvalue weighted by Crippen LogP contribution is -2.56. The van der Waals surface area contributed by atoms with E-state index in [9.17, 15) is 9.59 Å². The summed E-state index contributed by atoms with van der Waals surface area (Å²) in [7, 11) is 0. The molecule has 28 heavy (non-hydrogen) atoms. The first-order valence-corrected chi connectivity index (χ1v) is 10.6. The molecule has 1 N–H and O–H groups in total. The van der Waals surface area contributed by atoms with Gasteiger partial charge in [0.2, 0.25) is 5.91 Å². The van der Waals surface area contributed by atoms with Gasteiger partial charge in [-0.25, -0.2) is 0 Å². The zero-order valence-corrected chi connectivity index (χ0v) is 17.5. The number of aromatic nitrogens is 1. The lowest BCUT2D eigenvalue weighted by molar-refractivity contribution is -0.123. The highest BCUT2D eigenvalue weighted by Crippen LogP contribution is 2.44. The largest absolute Gasteiger partial charge is 0.361 e. The van der Waals surface area contributed by atoms with Gasteiger partial charge >= 0.3 is 0 Å². The van der Waals surface area contributed by atoms with Crippen molar-refractivity contribution in [3.05, 3.63) is 17.0 Å². The highest BCUT2D eigenvalue weighted by molar-refractivity contribution is 5.96. The molecule has 0 bridgehead atoms. The van der Waals surface area contributed by atoms with Crippen molar-refractivity contribution in [2.75, 3.05) is 32.7 Å². The van der Waals surface area contributed by atoms with E-state index in [0.717, 1.165) is 32.5 Å². The van der Waals surface area contributed by atoms with E-state index in [4.69, 9.17) is 4.52 Å². The third-order valence-corrected chi connectivity index (χ3v) is 7.27. The van der Waals surface area contributed by atoms with Crippen LogP contribution in [-0.2, 0) is 4.79 Å². The first-order chi connectivity index (χ1) is 13.3. The van der Waals surface area contributed by atoms with E-state index in [0.29, 0.717) is 41.9 Å². The van der Waals surface area contributed by atoms with E-state index >= 15 is 0 Å². The molecule has 4 rings (SSSR count). The Morgan fingerprint density at radius 3 is 2.64 bits per heavy atom. The van der Waals surface area contributed by atoms with Crippen molar-refractivity contribution in [3.8, 4) is 0 Å². The van der Waals surface area contributed by atoms with Crippen molar-refractivity contribution >= 4 is 11.8 Å².